The van der Waals surface area contributed by atoms with E-state index < -0.39 is 0 Å². The van der Waals surface area contributed by atoms with Gasteiger partial charge in [-0.1, -0.05) is 0 Å². The molecule has 1 saturated heterocycles. The van der Waals surface area contributed by atoms with Crippen molar-refractivity contribution in [3.8, 4) is 5.88 Å². The summed E-state index contributed by atoms with van der Waals surface area (Å²) in [6.45, 7) is 2.82. The first-order valence-electron chi connectivity index (χ1n) is 8.54. The number of piperidine rings is 1. The number of amides is 2. The van der Waals surface area contributed by atoms with Crippen LogP contribution < -0.4 is 10.1 Å². The molecule has 0 aliphatic carbocycles. The number of carbonyl (C=O) groups excluding carboxylic acids is 2. The van der Waals surface area contributed by atoms with E-state index in [0.29, 0.717) is 24.5 Å². The van der Waals surface area contributed by atoms with Crippen LogP contribution in [0.15, 0.2) is 29.9 Å². The van der Waals surface area contributed by atoms with Gasteiger partial charge in [0.05, 0.1) is 13.2 Å². The molecule has 0 bridgehead atoms. The summed E-state index contributed by atoms with van der Waals surface area (Å²) in [6.07, 6.45) is 4.97. The summed E-state index contributed by atoms with van der Waals surface area (Å²) < 4.78 is 5.09. The first-order chi connectivity index (χ1) is 12.6. The normalized spacial score (nSPS) is 16.2. The van der Waals surface area contributed by atoms with Crippen molar-refractivity contribution in [2.45, 2.75) is 25.8 Å². The monoisotopic (exact) mass is 374 g/mol. The molecular formula is C18H22N4O3S. The third kappa shape index (κ3) is 4.19. The molecule has 2 amide bonds. The maximum Gasteiger partial charge on any atom is 0.254 e. The largest absolute Gasteiger partial charge is 0.481 e. The highest BCUT2D eigenvalue weighted by Crippen LogP contribution is 2.32. The lowest BCUT2D eigenvalue weighted by Crippen LogP contribution is -2.42. The summed E-state index contributed by atoms with van der Waals surface area (Å²) in [5.41, 5.74) is 0.577. The number of nitrogens with one attached hydrogen (secondary N) is 1. The van der Waals surface area contributed by atoms with Crippen molar-refractivity contribution in [1.82, 2.24) is 20.2 Å². The van der Waals surface area contributed by atoms with Gasteiger partial charge in [-0.15, -0.1) is 11.3 Å². The van der Waals surface area contributed by atoms with Gasteiger partial charge in [0.2, 0.25) is 11.8 Å². The second-order valence-corrected chi connectivity index (χ2v) is 7.19. The molecule has 1 fully saturated rings. The lowest BCUT2D eigenvalue weighted by atomic mass is 9.89. The minimum Gasteiger partial charge on any atom is -0.481 e. The quantitative estimate of drug-likeness (QED) is 0.868. The summed E-state index contributed by atoms with van der Waals surface area (Å²) in [7, 11) is 1.53. The maximum absolute atomic E-state index is 12.7. The van der Waals surface area contributed by atoms with E-state index >= 15 is 0 Å². The van der Waals surface area contributed by atoms with Gasteiger partial charge < -0.3 is 15.0 Å². The van der Waals surface area contributed by atoms with E-state index in [1.54, 1.807) is 35.9 Å². The Morgan fingerprint density at radius 1 is 1.31 bits per heavy atom. The van der Waals surface area contributed by atoms with Crippen LogP contribution >= 0.6 is 11.3 Å². The fourth-order valence-electron chi connectivity index (χ4n) is 3.26. The van der Waals surface area contributed by atoms with Crippen LogP contribution in [0, 0.1) is 5.92 Å². The van der Waals surface area contributed by atoms with E-state index in [4.69, 9.17) is 4.74 Å². The van der Waals surface area contributed by atoms with Crippen LogP contribution in [0.3, 0.4) is 0 Å². The molecule has 0 saturated carbocycles. The molecule has 0 aromatic carbocycles. The molecule has 2 aromatic rings. The van der Waals surface area contributed by atoms with Crippen molar-refractivity contribution in [2.24, 2.45) is 5.92 Å². The van der Waals surface area contributed by atoms with Gasteiger partial charge in [-0.05, 0) is 24.8 Å². The average molecular weight is 374 g/mol. The van der Waals surface area contributed by atoms with Crippen molar-refractivity contribution >= 4 is 23.2 Å². The topological polar surface area (TPSA) is 84.4 Å². The molecular weight excluding hydrogens is 352 g/mol. The summed E-state index contributed by atoms with van der Waals surface area (Å²) in [6, 6.07) is 3.27. The number of methoxy groups -OCH3 is 1. The minimum absolute atomic E-state index is 0.0190. The summed E-state index contributed by atoms with van der Waals surface area (Å²) in [5.74, 6) is 0.614. The average Bonchev–Trinajstić information content (AvgIpc) is 3.20. The van der Waals surface area contributed by atoms with Crippen molar-refractivity contribution in [3.63, 3.8) is 0 Å². The molecule has 138 valence electrons. The lowest BCUT2D eigenvalue weighted by Gasteiger charge is -2.35. The van der Waals surface area contributed by atoms with Crippen LogP contribution in [0.1, 0.15) is 41.2 Å². The standard InChI is InChI=1S/C18H22N4O3S/c1-12(23)21-16(17-20-7-10-26-17)13-4-8-22(9-5-13)18(24)14-3-6-19-15(11-14)25-2/h3,6-7,10-11,13,16H,4-5,8-9H2,1-2H3,(H,21,23)/t16-/m0/s1. The molecule has 1 N–H and O–H groups in total. The van der Waals surface area contributed by atoms with Gasteiger partial charge in [0.1, 0.15) is 5.01 Å². The number of aromatic nitrogens is 2. The minimum atomic E-state index is -0.0919. The zero-order valence-corrected chi connectivity index (χ0v) is 15.7. The molecule has 26 heavy (non-hydrogen) atoms. The molecule has 1 aliphatic rings. The van der Waals surface area contributed by atoms with E-state index in [1.165, 1.54) is 14.0 Å². The number of rotatable bonds is 5. The molecule has 3 heterocycles. The van der Waals surface area contributed by atoms with Gasteiger partial charge in [-0.25, -0.2) is 9.97 Å². The molecule has 2 aromatic heterocycles. The van der Waals surface area contributed by atoms with Gasteiger partial charge in [-0.2, -0.15) is 0 Å². The van der Waals surface area contributed by atoms with E-state index in [9.17, 15) is 9.59 Å². The Morgan fingerprint density at radius 2 is 2.08 bits per heavy atom. The predicted molar refractivity (Wildman–Crippen MR) is 98.1 cm³/mol. The summed E-state index contributed by atoms with van der Waals surface area (Å²) in [4.78, 5) is 34.6. The molecule has 8 heteroatoms. The molecule has 0 unspecified atom stereocenters. The SMILES string of the molecule is COc1cc(C(=O)N2CCC([C@H](NC(C)=O)c3nccs3)CC2)ccn1. The smallest absolute Gasteiger partial charge is 0.254 e. The lowest BCUT2D eigenvalue weighted by molar-refractivity contribution is -0.120. The number of nitrogens with zero attached hydrogens (tertiary/aromatic N) is 3. The zero-order chi connectivity index (χ0) is 18.5. The molecule has 0 radical (unpaired) electrons. The Labute approximate surface area is 156 Å². The highest BCUT2D eigenvalue weighted by molar-refractivity contribution is 7.09. The first-order valence-corrected chi connectivity index (χ1v) is 9.42. The predicted octanol–water partition coefficient (Wildman–Crippen LogP) is 2.28. The second-order valence-electron chi connectivity index (χ2n) is 6.27. The number of hydrogen-bond donors (Lipinski definition) is 1. The van der Waals surface area contributed by atoms with Crippen LogP contribution in [0.5, 0.6) is 5.88 Å². The third-order valence-corrected chi connectivity index (χ3v) is 5.42. The Bertz CT molecular complexity index is 758. The van der Waals surface area contributed by atoms with Crippen LogP contribution in [0.4, 0.5) is 0 Å². The van der Waals surface area contributed by atoms with E-state index in [-0.39, 0.29) is 23.8 Å². The van der Waals surface area contributed by atoms with Crippen LogP contribution in [-0.2, 0) is 4.79 Å². The Kier molecular flexibility index (Phi) is 5.82. The fourth-order valence-corrected chi connectivity index (χ4v) is 4.04. The van der Waals surface area contributed by atoms with E-state index in [0.717, 1.165) is 17.8 Å². The van der Waals surface area contributed by atoms with E-state index in [2.05, 4.69) is 15.3 Å². The van der Waals surface area contributed by atoms with Crippen molar-refractivity contribution in [1.29, 1.82) is 0 Å². The van der Waals surface area contributed by atoms with Crippen LogP contribution in [0.2, 0.25) is 0 Å². The van der Waals surface area contributed by atoms with Gasteiger partial charge in [0.15, 0.2) is 0 Å². The number of hydrogen-bond acceptors (Lipinski definition) is 6. The number of likely N-dealkylation sites (tertiary alicyclic amines) is 1. The molecule has 7 nitrogen and oxygen atoms in total. The van der Waals surface area contributed by atoms with Crippen molar-refractivity contribution in [3.05, 3.63) is 40.5 Å². The molecule has 1 aliphatic heterocycles. The molecule has 0 spiro atoms. The van der Waals surface area contributed by atoms with E-state index in [1.807, 2.05) is 10.3 Å². The van der Waals surface area contributed by atoms with Crippen molar-refractivity contribution in [2.75, 3.05) is 20.2 Å². The molecule has 3 rings (SSSR count). The Hall–Kier alpha value is -2.48. The first kappa shape index (κ1) is 18.3. The highest BCUT2D eigenvalue weighted by Gasteiger charge is 2.31. The summed E-state index contributed by atoms with van der Waals surface area (Å²) >= 11 is 1.55. The summed E-state index contributed by atoms with van der Waals surface area (Å²) in [5, 5.41) is 5.86. The van der Waals surface area contributed by atoms with Gasteiger partial charge in [0.25, 0.3) is 5.91 Å². The Morgan fingerprint density at radius 3 is 2.69 bits per heavy atom. The third-order valence-electron chi connectivity index (χ3n) is 4.57. The number of thiazole rings is 1. The zero-order valence-electron chi connectivity index (χ0n) is 14.8. The molecule has 1 atom stereocenters. The number of ether oxygens (including phenoxy) is 1. The van der Waals surface area contributed by atoms with Crippen LogP contribution in [0.25, 0.3) is 0 Å². The Balaban J connectivity index is 1.65. The van der Waals surface area contributed by atoms with Gasteiger partial charge in [-0.3, -0.25) is 9.59 Å². The highest BCUT2D eigenvalue weighted by atomic mass is 32.1. The van der Waals surface area contributed by atoms with Gasteiger partial charge >= 0.3 is 0 Å². The maximum atomic E-state index is 12.7. The van der Waals surface area contributed by atoms with Crippen molar-refractivity contribution < 1.29 is 14.3 Å². The van der Waals surface area contributed by atoms with Crippen LogP contribution in [-0.4, -0.2) is 46.9 Å². The van der Waals surface area contributed by atoms with Gasteiger partial charge in [0, 0.05) is 49.4 Å². The fraction of sp³-hybridized carbons (Fsp3) is 0.444. The second kappa shape index (κ2) is 8.27. The number of carbonyl (C=O) groups is 2. The number of pyridine rings is 1.